The Balaban J connectivity index is 1.70. The van der Waals surface area contributed by atoms with Crippen LogP contribution in [0.1, 0.15) is 54.7 Å². The average molecular weight is 424 g/mol. The molecule has 1 aliphatic heterocycles. The van der Waals surface area contributed by atoms with Crippen molar-refractivity contribution in [2.24, 2.45) is 0 Å². The third kappa shape index (κ3) is 3.51. The summed E-state index contributed by atoms with van der Waals surface area (Å²) in [5.41, 5.74) is 5.08. The van der Waals surface area contributed by atoms with Crippen molar-refractivity contribution in [2.75, 3.05) is 0 Å². The predicted octanol–water partition coefficient (Wildman–Crippen LogP) is 5.02. The van der Waals surface area contributed by atoms with Gasteiger partial charge in [0.1, 0.15) is 0 Å². The molecule has 0 fully saturated rings. The molecule has 4 heteroatoms. The number of allylic oxidation sites excluding steroid dienone is 2. The molecule has 1 heterocycles. The van der Waals surface area contributed by atoms with Gasteiger partial charge in [0.05, 0.1) is 0 Å². The number of amides is 1. The molecule has 2 atom stereocenters. The molecule has 1 aliphatic carbocycles. The van der Waals surface area contributed by atoms with Crippen LogP contribution in [0.25, 0.3) is 0 Å². The fourth-order valence-electron chi connectivity index (χ4n) is 4.24. The zero-order valence-electron chi connectivity index (χ0n) is 15.3. The van der Waals surface area contributed by atoms with Crippen molar-refractivity contribution in [1.82, 2.24) is 5.32 Å². The third-order valence-corrected chi connectivity index (χ3v) is 6.40. The molecule has 0 aromatic heterocycles. The molecule has 2 aromatic carbocycles. The number of Topliss-reactive ketones (excluding diaryl/α,β-unsaturated/α-hetero) is 1. The number of benzene rings is 2. The van der Waals surface area contributed by atoms with Gasteiger partial charge in [-0.05, 0) is 41.5 Å². The molecule has 3 nitrogen and oxygen atoms in total. The molecule has 0 bridgehead atoms. The quantitative estimate of drug-likeness (QED) is 0.753. The first-order chi connectivity index (χ1) is 13.1. The van der Waals surface area contributed by atoms with Crippen LogP contribution in [0.2, 0.25) is 0 Å². The van der Waals surface area contributed by atoms with Gasteiger partial charge >= 0.3 is 0 Å². The van der Waals surface area contributed by atoms with E-state index in [1.54, 1.807) is 0 Å². The van der Waals surface area contributed by atoms with Crippen LogP contribution in [-0.4, -0.2) is 11.7 Å². The molecule has 0 saturated heterocycles. The van der Waals surface area contributed by atoms with E-state index in [-0.39, 0.29) is 23.5 Å². The Bertz CT molecular complexity index is 930. The van der Waals surface area contributed by atoms with Crippen LogP contribution in [0.3, 0.4) is 0 Å². The van der Waals surface area contributed by atoms with Crippen molar-refractivity contribution in [2.45, 2.75) is 44.4 Å². The van der Waals surface area contributed by atoms with Crippen LogP contribution in [0.4, 0.5) is 0 Å². The SMILES string of the molecule is CCc1ccc(C2CC(=O)C3=C(C2)NC(=O)CC3c2ccccc2Br)cc1. The summed E-state index contributed by atoms with van der Waals surface area (Å²) < 4.78 is 0.946. The van der Waals surface area contributed by atoms with Crippen molar-refractivity contribution in [3.05, 3.63) is 81.0 Å². The molecule has 27 heavy (non-hydrogen) atoms. The summed E-state index contributed by atoms with van der Waals surface area (Å²) in [4.78, 5) is 25.5. The molecule has 1 N–H and O–H groups in total. The monoisotopic (exact) mass is 423 g/mol. The van der Waals surface area contributed by atoms with Crippen molar-refractivity contribution < 1.29 is 9.59 Å². The highest BCUT2D eigenvalue weighted by atomic mass is 79.9. The number of rotatable bonds is 3. The lowest BCUT2D eigenvalue weighted by Crippen LogP contribution is -2.38. The van der Waals surface area contributed by atoms with E-state index < -0.39 is 0 Å². The van der Waals surface area contributed by atoms with Gasteiger partial charge in [0.15, 0.2) is 5.78 Å². The first-order valence-electron chi connectivity index (χ1n) is 9.46. The number of aryl methyl sites for hydroxylation is 1. The maximum atomic E-state index is 13.1. The van der Waals surface area contributed by atoms with Crippen LogP contribution >= 0.6 is 15.9 Å². The number of halogens is 1. The summed E-state index contributed by atoms with van der Waals surface area (Å²) in [6.45, 7) is 2.13. The zero-order valence-corrected chi connectivity index (χ0v) is 16.9. The van der Waals surface area contributed by atoms with Crippen LogP contribution in [0.15, 0.2) is 64.3 Å². The molecule has 0 saturated carbocycles. The summed E-state index contributed by atoms with van der Waals surface area (Å²) in [6, 6.07) is 16.4. The highest BCUT2D eigenvalue weighted by Gasteiger charge is 2.38. The average Bonchev–Trinajstić information content (AvgIpc) is 2.67. The number of carbonyl (C=O) groups is 2. The number of ketones is 1. The van der Waals surface area contributed by atoms with Gasteiger partial charge in [0.2, 0.25) is 5.91 Å². The highest BCUT2D eigenvalue weighted by Crippen LogP contribution is 2.43. The summed E-state index contributed by atoms with van der Waals surface area (Å²) in [7, 11) is 0. The van der Waals surface area contributed by atoms with Gasteiger partial charge < -0.3 is 5.32 Å². The van der Waals surface area contributed by atoms with E-state index in [1.165, 1.54) is 11.1 Å². The number of carbonyl (C=O) groups excluding carboxylic acids is 2. The standard InChI is InChI=1S/C23H22BrNO2/c1-2-14-7-9-15(10-8-14)16-11-20-23(21(26)12-16)18(13-22(27)25-20)17-5-3-4-6-19(17)24/h3-10,16,18H,2,11-13H2,1H3,(H,25,27). The second kappa shape index (κ2) is 7.43. The summed E-state index contributed by atoms with van der Waals surface area (Å²) in [5, 5.41) is 2.99. The summed E-state index contributed by atoms with van der Waals surface area (Å²) >= 11 is 3.58. The Morgan fingerprint density at radius 3 is 2.44 bits per heavy atom. The number of hydrogen-bond acceptors (Lipinski definition) is 2. The van der Waals surface area contributed by atoms with Gasteiger partial charge in [0, 0.05) is 34.5 Å². The Kier molecular flexibility index (Phi) is 5.00. The minimum Gasteiger partial charge on any atom is -0.329 e. The number of nitrogens with one attached hydrogen (secondary N) is 1. The van der Waals surface area contributed by atoms with E-state index in [0.29, 0.717) is 19.3 Å². The van der Waals surface area contributed by atoms with Crippen LogP contribution < -0.4 is 5.32 Å². The molecule has 138 valence electrons. The minimum absolute atomic E-state index is 0.00992. The Labute approximate surface area is 168 Å². The predicted molar refractivity (Wildman–Crippen MR) is 109 cm³/mol. The molecule has 0 radical (unpaired) electrons. The largest absolute Gasteiger partial charge is 0.329 e. The maximum Gasteiger partial charge on any atom is 0.225 e. The highest BCUT2D eigenvalue weighted by molar-refractivity contribution is 9.10. The summed E-state index contributed by atoms with van der Waals surface area (Å²) in [5.74, 6) is 0.103. The second-order valence-corrected chi connectivity index (χ2v) is 8.20. The molecule has 2 unspecified atom stereocenters. The first-order valence-corrected chi connectivity index (χ1v) is 10.3. The molecule has 1 amide bonds. The van der Waals surface area contributed by atoms with E-state index in [0.717, 1.165) is 27.7 Å². The molecular weight excluding hydrogens is 402 g/mol. The van der Waals surface area contributed by atoms with Gasteiger partial charge in [-0.25, -0.2) is 0 Å². The Morgan fingerprint density at radius 1 is 1.00 bits per heavy atom. The van der Waals surface area contributed by atoms with Gasteiger partial charge in [-0.15, -0.1) is 0 Å². The smallest absolute Gasteiger partial charge is 0.225 e. The van der Waals surface area contributed by atoms with E-state index in [2.05, 4.69) is 52.4 Å². The maximum absolute atomic E-state index is 13.1. The fourth-order valence-corrected chi connectivity index (χ4v) is 4.81. The normalized spacial score (nSPS) is 22.4. The third-order valence-electron chi connectivity index (χ3n) is 5.68. The molecular formula is C23H22BrNO2. The Morgan fingerprint density at radius 2 is 1.74 bits per heavy atom. The zero-order chi connectivity index (χ0) is 19.0. The van der Waals surface area contributed by atoms with Crippen molar-refractivity contribution in [3.8, 4) is 0 Å². The van der Waals surface area contributed by atoms with Gasteiger partial charge in [-0.1, -0.05) is 65.3 Å². The lowest BCUT2D eigenvalue weighted by atomic mass is 9.73. The van der Waals surface area contributed by atoms with Crippen LogP contribution in [0, 0.1) is 0 Å². The molecule has 4 rings (SSSR count). The van der Waals surface area contributed by atoms with Crippen LogP contribution in [-0.2, 0) is 16.0 Å². The van der Waals surface area contributed by atoms with E-state index in [4.69, 9.17) is 0 Å². The molecule has 0 spiro atoms. The fraction of sp³-hybridized carbons (Fsp3) is 0.304. The van der Waals surface area contributed by atoms with E-state index in [9.17, 15) is 9.59 Å². The van der Waals surface area contributed by atoms with Crippen molar-refractivity contribution in [1.29, 1.82) is 0 Å². The van der Waals surface area contributed by atoms with Gasteiger partial charge in [-0.3, -0.25) is 9.59 Å². The number of hydrogen-bond donors (Lipinski definition) is 1. The summed E-state index contributed by atoms with van der Waals surface area (Å²) in [6.07, 6.45) is 2.53. The van der Waals surface area contributed by atoms with Crippen LogP contribution in [0.5, 0.6) is 0 Å². The van der Waals surface area contributed by atoms with E-state index in [1.807, 2.05) is 24.3 Å². The molecule has 2 aromatic rings. The topological polar surface area (TPSA) is 46.2 Å². The lowest BCUT2D eigenvalue weighted by Gasteiger charge is -2.34. The van der Waals surface area contributed by atoms with Crippen molar-refractivity contribution in [3.63, 3.8) is 0 Å². The minimum atomic E-state index is -0.166. The second-order valence-electron chi connectivity index (χ2n) is 7.34. The lowest BCUT2D eigenvalue weighted by molar-refractivity contribution is -0.122. The van der Waals surface area contributed by atoms with Gasteiger partial charge in [-0.2, -0.15) is 0 Å². The Hall–Kier alpha value is -2.20. The van der Waals surface area contributed by atoms with Crippen molar-refractivity contribution >= 4 is 27.6 Å². The molecule has 2 aliphatic rings. The van der Waals surface area contributed by atoms with E-state index >= 15 is 0 Å². The first kappa shape index (κ1) is 18.2. The van der Waals surface area contributed by atoms with Gasteiger partial charge in [0.25, 0.3) is 0 Å².